The first-order valence-electron chi connectivity index (χ1n) is 6.53. The fourth-order valence-corrected chi connectivity index (χ4v) is 2.95. The minimum atomic E-state index is 0.312. The first-order chi connectivity index (χ1) is 9.43. The van der Waals surface area contributed by atoms with E-state index in [1.165, 1.54) is 27.4 Å². The summed E-state index contributed by atoms with van der Waals surface area (Å²) in [6.45, 7) is 2.15. The summed E-state index contributed by atoms with van der Waals surface area (Å²) in [5.74, 6) is 2.32. The fraction of sp³-hybridized carbons (Fsp3) is 0.0588. The van der Waals surface area contributed by atoms with E-state index in [9.17, 15) is 0 Å². The molecule has 0 saturated heterocycles. The predicted octanol–water partition coefficient (Wildman–Crippen LogP) is 3.73. The van der Waals surface area contributed by atoms with Crippen LogP contribution in [0.5, 0.6) is 0 Å². The van der Waals surface area contributed by atoms with Crippen molar-refractivity contribution in [2.24, 2.45) is 0 Å². The van der Waals surface area contributed by atoms with E-state index in [1.54, 1.807) is 0 Å². The molecule has 1 atom stereocenters. The van der Waals surface area contributed by atoms with Crippen molar-refractivity contribution in [3.63, 3.8) is 0 Å². The van der Waals surface area contributed by atoms with Gasteiger partial charge in [0, 0.05) is 0 Å². The second-order valence-corrected chi connectivity index (χ2v) is 4.92. The standard InChI is InChI=1S/C17H12BN/c1-3-12-5-2-6-15-14(16-11-19-10-9-18-16)8-7-13(4-1)17(12)15/h1-11,14H. The van der Waals surface area contributed by atoms with E-state index in [0.29, 0.717) is 5.92 Å². The van der Waals surface area contributed by atoms with Crippen molar-refractivity contribution in [3.8, 4) is 0 Å². The zero-order valence-electron chi connectivity index (χ0n) is 10.5. The normalized spacial score (nSPS) is 16.5. The van der Waals surface area contributed by atoms with Crippen LogP contribution in [0.25, 0.3) is 16.8 Å². The van der Waals surface area contributed by atoms with E-state index in [4.69, 9.17) is 0 Å². The molecular formula is C17H12BN. The molecule has 1 aliphatic rings. The van der Waals surface area contributed by atoms with Crippen LogP contribution in [0.3, 0.4) is 0 Å². The van der Waals surface area contributed by atoms with E-state index in [0.717, 1.165) is 0 Å². The summed E-state index contributed by atoms with van der Waals surface area (Å²) in [6.07, 6.45) is 8.29. The maximum absolute atomic E-state index is 4.25. The number of nitrogens with zero attached hydrogens (tertiary/aromatic N) is 1. The molecule has 0 spiro atoms. The van der Waals surface area contributed by atoms with Gasteiger partial charge in [0.15, 0.2) is 0 Å². The molecule has 0 radical (unpaired) electrons. The van der Waals surface area contributed by atoms with Gasteiger partial charge in [-0.15, -0.1) is 0 Å². The molecule has 88 valence electrons. The Morgan fingerprint density at radius 3 is 2.79 bits per heavy atom. The van der Waals surface area contributed by atoms with Crippen molar-refractivity contribution < 1.29 is 0 Å². The number of benzene rings is 2. The van der Waals surface area contributed by atoms with E-state index in [-0.39, 0.29) is 0 Å². The Bertz CT molecular complexity index is 772. The number of hydrogen-bond acceptors (Lipinski definition) is 1. The van der Waals surface area contributed by atoms with Gasteiger partial charge in [0.2, 0.25) is 0 Å². The summed E-state index contributed by atoms with van der Waals surface area (Å²) >= 11 is 0. The Kier molecular flexibility index (Phi) is 2.34. The Morgan fingerprint density at radius 1 is 1.05 bits per heavy atom. The third kappa shape index (κ3) is 1.64. The summed E-state index contributed by atoms with van der Waals surface area (Å²) in [5.41, 5.74) is 3.94. The van der Waals surface area contributed by atoms with Crippen LogP contribution in [0.2, 0.25) is 0 Å². The van der Waals surface area contributed by atoms with Crippen molar-refractivity contribution in [2.45, 2.75) is 5.92 Å². The van der Waals surface area contributed by atoms with Crippen LogP contribution in [0.1, 0.15) is 22.5 Å². The van der Waals surface area contributed by atoms with Crippen LogP contribution in [0.4, 0.5) is 0 Å². The molecule has 0 amide bonds. The average molecular weight is 241 g/mol. The van der Waals surface area contributed by atoms with Gasteiger partial charge in [-0.3, -0.25) is 0 Å². The molecule has 1 heterocycles. The van der Waals surface area contributed by atoms with E-state index < -0.39 is 0 Å². The molecule has 3 aromatic rings. The Hall–Kier alpha value is -2.22. The van der Waals surface area contributed by atoms with Gasteiger partial charge < -0.3 is 0 Å². The van der Waals surface area contributed by atoms with Crippen molar-refractivity contribution in [1.29, 1.82) is 0 Å². The van der Waals surface area contributed by atoms with Crippen molar-refractivity contribution >= 4 is 23.8 Å². The van der Waals surface area contributed by atoms with Gasteiger partial charge in [0.05, 0.1) is 0 Å². The van der Waals surface area contributed by atoms with Gasteiger partial charge in [0.25, 0.3) is 0 Å². The molecule has 1 unspecified atom stereocenters. The van der Waals surface area contributed by atoms with Crippen LogP contribution < -0.4 is 0 Å². The molecule has 2 heteroatoms. The first kappa shape index (κ1) is 10.7. The zero-order valence-corrected chi connectivity index (χ0v) is 10.5. The van der Waals surface area contributed by atoms with Crippen molar-refractivity contribution in [1.82, 2.24) is 4.98 Å². The maximum atomic E-state index is 4.25. The van der Waals surface area contributed by atoms with Gasteiger partial charge in [-0.1, -0.05) is 0 Å². The summed E-state index contributed by atoms with van der Waals surface area (Å²) < 4.78 is 0. The molecule has 2 aromatic carbocycles. The average Bonchev–Trinajstić information content (AvgIpc) is 2.49. The fourth-order valence-electron chi connectivity index (χ4n) is 2.95. The second kappa shape index (κ2) is 4.16. The van der Waals surface area contributed by atoms with Crippen molar-refractivity contribution in [2.75, 3.05) is 0 Å². The van der Waals surface area contributed by atoms with Crippen LogP contribution >= 0.6 is 0 Å². The molecule has 0 N–H and O–H groups in total. The summed E-state index contributed by atoms with van der Waals surface area (Å²) in [7, 11) is 0. The molecule has 0 fully saturated rings. The van der Waals surface area contributed by atoms with E-state index >= 15 is 0 Å². The number of allylic oxidation sites excluding steroid dienone is 1. The Labute approximate surface area is 112 Å². The molecule has 0 bridgehead atoms. The Morgan fingerprint density at radius 2 is 1.95 bits per heavy atom. The number of rotatable bonds is 1. The first-order valence-corrected chi connectivity index (χ1v) is 6.53. The van der Waals surface area contributed by atoms with Gasteiger partial charge >= 0.3 is 112 Å². The van der Waals surface area contributed by atoms with E-state index in [2.05, 4.69) is 60.4 Å². The summed E-state index contributed by atoms with van der Waals surface area (Å²) in [4.78, 5) is 4.25. The van der Waals surface area contributed by atoms with Crippen LogP contribution in [0, 0.1) is 0 Å². The Balaban J connectivity index is 2.01. The van der Waals surface area contributed by atoms with Crippen LogP contribution in [0.15, 0.2) is 60.8 Å². The van der Waals surface area contributed by atoms with E-state index in [1.807, 2.05) is 18.4 Å². The molecular weight excluding hydrogens is 229 g/mol. The van der Waals surface area contributed by atoms with Gasteiger partial charge in [-0.25, -0.2) is 0 Å². The summed E-state index contributed by atoms with van der Waals surface area (Å²) in [5, 5.41) is 2.69. The monoisotopic (exact) mass is 241 g/mol. The quantitative estimate of drug-likeness (QED) is 0.632. The van der Waals surface area contributed by atoms with Crippen LogP contribution in [-0.4, -0.2) is 11.9 Å². The third-order valence-corrected chi connectivity index (χ3v) is 3.82. The van der Waals surface area contributed by atoms with Crippen molar-refractivity contribution in [3.05, 3.63) is 77.4 Å². The molecule has 1 nitrogen and oxygen atoms in total. The molecule has 1 aromatic heterocycles. The number of hydrogen-bond donors (Lipinski definition) is 0. The topological polar surface area (TPSA) is 12.9 Å². The molecule has 4 rings (SSSR count). The van der Waals surface area contributed by atoms with Gasteiger partial charge in [-0.05, 0) is 0 Å². The second-order valence-electron chi connectivity index (χ2n) is 4.92. The molecule has 19 heavy (non-hydrogen) atoms. The molecule has 0 aliphatic heterocycles. The van der Waals surface area contributed by atoms with Gasteiger partial charge in [0.1, 0.15) is 0 Å². The molecule has 1 aliphatic carbocycles. The SMILES string of the molecule is b1ccncc1C1C=Cc2cccc3cccc1c23. The third-order valence-electron chi connectivity index (χ3n) is 3.82. The minimum absolute atomic E-state index is 0.312. The molecule has 0 saturated carbocycles. The van der Waals surface area contributed by atoms with Crippen LogP contribution in [-0.2, 0) is 0 Å². The summed E-state index contributed by atoms with van der Waals surface area (Å²) in [6, 6.07) is 13.0. The van der Waals surface area contributed by atoms with Gasteiger partial charge in [-0.2, -0.15) is 0 Å². The number of aromatic nitrogens is 1. The predicted molar refractivity (Wildman–Crippen MR) is 80.4 cm³/mol. The zero-order chi connectivity index (χ0) is 12.7.